The highest BCUT2D eigenvalue weighted by Gasteiger charge is 2.30. The number of carbonyl (C=O) groups is 1. The molecule has 0 saturated heterocycles. The predicted molar refractivity (Wildman–Crippen MR) is 103 cm³/mol. The van der Waals surface area contributed by atoms with Crippen molar-refractivity contribution in [1.82, 2.24) is 14.3 Å². The Labute approximate surface area is 174 Å². The minimum Gasteiger partial charge on any atom is -0.497 e. The molecule has 0 bridgehead atoms. The maximum absolute atomic E-state index is 14.0. The number of aromatic nitrogens is 2. The van der Waals surface area contributed by atoms with E-state index in [9.17, 15) is 32.1 Å². The average molecular weight is 452 g/mol. The molecule has 0 atom stereocenters. The maximum Gasteiger partial charge on any atom is 0.290 e. The molecule has 0 unspecified atom stereocenters. The molecule has 0 spiro atoms. The summed E-state index contributed by atoms with van der Waals surface area (Å²) in [5, 5.41) is 11.2. The number of imidazole rings is 1. The molecule has 1 amide bonds. The van der Waals surface area contributed by atoms with Crippen molar-refractivity contribution in [3.8, 4) is 17.1 Å². The van der Waals surface area contributed by atoms with Crippen molar-refractivity contribution in [2.24, 2.45) is 7.05 Å². The van der Waals surface area contributed by atoms with Crippen LogP contribution in [0.25, 0.3) is 11.4 Å². The van der Waals surface area contributed by atoms with Crippen LogP contribution in [0.5, 0.6) is 5.75 Å². The van der Waals surface area contributed by atoms with E-state index >= 15 is 0 Å². The molecular formula is C18H14F2N4O6S. The number of amides is 1. The number of aryl methyl sites for hydroxylation is 1. The molecule has 0 radical (unpaired) electrons. The van der Waals surface area contributed by atoms with Gasteiger partial charge in [-0.1, -0.05) is 6.07 Å². The molecule has 0 aliphatic heterocycles. The summed E-state index contributed by atoms with van der Waals surface area (Å²) < 4.78 is 61.0. The molecule has 0 fully saturated rings. The highest BCUT2D eigenvalue weighted by Crippen LogP contribution is 2.29. The summed E-state index contributed by atoms with van der Waals surface area (Å²) >= 11 is 0. The van der Waals surface area contributed by atoms with Crippen LogP contribution in [0.1, 0.15) is 10.5 Å². The van der Waals surface area contributed by atoms with Crippen molar-refractivity contribution in [2.75, 3.05) is 7.11 Å². The molecule has 3 rings (SSSR count). The number of benzene rings is 2. The fraction of sp³-hybridized carbons (Fsp3) is 0.111. The van der Waals surface area contributed by atoms with Gasteiger partial charge in [0.05, 0.1) is 17.6 Å². The van der Waals surface area contributed by atoms with Gasteiger partial charge in [-0.25, -0.2) is 26.9 Å². The third-order valence-corrected chi connectivity index (χ3v) is 5.54. The van der Waals surface area contributed by atoms with Gasteiger partial charge in [0.2, 0.25) is 0 Å². The number of nitro groups is 1. The Balaban J connectivity index is 1.98. The second-order valence-electron chi connectivity index (χ2n) is 6.18. The third-order valence-electron chi connectivity index (χ3n) is 4.18. The summed E-state index contributed by atoms with van der Waals surface area (Å²) in [6, 6.07) is 6.13. The molecule has 0 aliphatic rings. The molecule has 1 heterocycles. The largest absolute Gasteiger partial charge is 0.497 e. The van der Waals surface area contributed by atoms with E-state index in [1.807, 2.05) is 0 Å². The first-order valence-corrected chi connectivity index (χ1v) is 9.90. The molecule has 0 saturated carbocycles. The number of ether oxygens (including phenoxy) is 1. The second kappa shape index (κ2) is 8.10. The van der Waals surface area contributed by atoms with Gasteiger partial charge in [0.1, 0.15) is 28.9 Å². The number of hydrogen-bond donors (Lipinski definition) is 1. The number of sulfonamides is 1. The molecule has 3 aromatic rings. The van der Waals surface area contributed by atoms with E-state index in [0.29, 0.717) is 0 Å². The average Bonchev–Trinajstić information content (AvgIpc) is 3.08. The summed E-state index contributed by atoms with van der Waals surface area (Å²) in [6.45, 7) is 0. The zero-order valence-electron chi connectivity index (χ0n) is 16.0. The van der Waals surface area contributed by atoms with Gasteiger partial charge in [-0.15, -0.1) is 0 Å². The van der Waals surface area contributed by atoms with Crippen LogP contribution in [0.15, 0.2) is 47.5 Å². The van der Waals surface area contributed by atoms with Gasteiger partial charge in [0.25, 0.3) is 21.6 Å². The van der Waals surface area contributed by atoms with Crippen LogP contribution in [0.3, 0.4) is 0 Å². The molecule has 0 aliphatic carbocycles. The number of carbonyl (C=O) groups excluding carboxylic acids is 1. The highest BCUT2D eigenvalue weighted by molar-refractivity contribution is 7.90. The Morgan fingerprint density at radius 3 is 2.45 bits per heavy atom. The summed E-state index contributed by atoms with van der Waals surface area (Å²) in [5.74, 6) is -3.37. The molecule has 1 N–H and O–H groups in total. The van der Waals surface area contributed by atoms with Crippen molar-refractivity contribution in [2.45, 2.75) is 4.90 Å². The van der Waals surface area contributed by atoms with Crippen molar-refractivity contribution in [3.05, 3.63) is 70.0 Å². The van der Waals surface area contributed by atoms with Crippen molar-refractivity contribution in [3.63, 3.8) is 0 Å². The monoisotopic (exact) mass is 452 g/mol. The lowest BCUT2D eigenvalue weighted by Gasteiger charge is -2.08. The summed E-state index contributed by atoms with van der Waals surface area (Å²) in [5.41, 5.74) is -1.76. The van der Waals surface area contributed by atoms with E-state index in [1.165, 1.54) is 20.2 Å². The van der Waals surface area contributed by atoms with Gasteiger partial charge in [-0.3, -0.25) is 14.9 Å². The van der Waals surface area contributed by atoms with Crippen LogP contribution in [-0.4, -0.2) is 35.9 Å². The van der Waals surface area contributed by atoms with Gasteiger partial charge in [-0.2, -0.15) is 0 Å². The molecular weight excluding hydrogens is 438 g/mol. The Morgan fingerprint density at radius 1 is 1.23 bits per heavy atom. The Kier molecular flexibility index (Phi) is 5.71. The van der Waals surface area contributed by atoms with Crippen LogP contribution in [0.2, 0.25) is 0 Å². The van der Waals surface area contributed by atoms with Crippen LogP contribution in [-0.2, 0) is 17.1 Å². The number of halogens is 2. The zero-order chi connectivity index (χ0) is 22.9. The first kappa shape index (κ1) is 21.8. The first-order valence-electron chi connectivity index (χ1n) is 8.42. The van der Waals surface area contributed by atoms with Crippen molar-refractivity contribution >= 4 is 21.6 Å². The van der Waals surface area contributed by atoms with Gasteiger partial charge in [0.15, 0.2) is 4.90 Å². The molecule has 1 aromatic heterocycles. The fourth-order valence-electron chi connectivity index (χ4n) is 2.74. The number of nitrogens with zero attached hydrogens (tertiary/aromatic N) is 3. The number of nitrogens with one attached hydrogen (secondary N) is 1. The minimum atomic E-state index is -4.72. The van der Waals surface area contributed by atoms with Crippen LogP contribution < -0.4 is 9.46 Å². The van der Waals surface area contributed by atoms with Gasteiger partial charge in [0, 0.05) is 25.4 Å². The first-order chi connectivity index (χ1) is 14.5. The number of methoxy groups -OCH3 is 1. The maximum atomic E-state index is 14.0. The van der Waals surface area contributed by atoms with E-state index in [1.54, 1.807) is 4.72 Å². The molecule has 162 valence electrons. The van der Waals surface area contributed by atoms with Gasteiger partial charge < -0.3 is 9.30 Å². The van der Waals surface area contributed by atoms with Crippen LogP contribution in [0, 0.1) is 21.7 Å². The summed E-state index contributed by atoms with van der Waals surface area (Å²) in [4.78, 5) is 25.8. The van der Waals surface area contributed by atoms with E-state index in [0.717, 1.165) is 41.1 Å². The molecule has 13 heteroatoms. The van der Waals surface area contributed by atoms with Crippen molar-refractivity contribution in [1.29, 1.82) is 0 Å². The SMILES string of the molecule is COc1ccc([N+](=O)[O-])c(S(=O)(=O)NC(=O)c2cn(C)c(-c3c(F)cccc3F)n2)c1. The highest BCUT2D eigenvalue weighted by atomic mass is 32.2. The van der Waals surface area contributed by atoms with Crippen LogP contribution in [0.4, 0.5) is 14.5 Å². The van der Waals surface area contributed by atoms with E-state index in [4.69, 9.17) is 4.74 Å². The quantitative estimate of drug-likeness (QED) is 0.448. The number of hydrogen-bond acceptors (Lipinski definition) is 7. The Bertz CT molecular complexity index is 1290. The van der Waals surface area contributed by atoms with Crippen molar-refractivity contribution < 1.29 is 31.7 Å². The van der Waals surface area contributed by atoms with Crippen LogP contribution >= 0.6 is 0 Å². The standard InChI is InChI=1S/C18H14F2N4O6S/c1-23-9-13(21-17(23)16-11(19)4-3-5-12(16)20)18(25)22-31(28,29)15-8-10(30-2)6-7-14(15)24(26)27/h3-9H,1-2H3,(H,22,25). The molecule has 2 aromatic carbocycles. The van der Waals surface area contributed by atoms with E-state index in [2.05, 4.69) is 4.98 Å². The molecule has 10 nitrogen and oxygen atoms in total. The number of rotatable bonds is 6. The lowest BCUT2D eigenvalue weighted by molar-refractivity contribution is -0.387. The minimum absolute atomic E-state index is 0.00794. The van der Waals surface area contributed by atoms with Gasteiger partial charge in [-0.05, 0) is 18.2 Å². The fourth-order valence-corrected chi connectivity index (χ4v) is 3.88. The third kappa shape index (κ3) is 4.21. The molecule has 31 heavy (non-hydrogen) atoms. The topological polar surface area (TPSA) is 133 Å². The normalized spacial score (nSPS) is 11.2. The Morgan fingerprint density at radius 2 is 1.87 bits per heavy atom. The number of nitro benzene ring substituents is 1. The van der Waals surface area contributed by atoms with Gasteiger partial charge >= 0.3 is 0 Å². The Hall–Kier alpha value is -3.87. The predicted octanol–water partition coefficient (Wildman–Crippen LogP) is 2.40. The van der Waals surface area contributed by atoms with E-state index < -0.39 is 54.3 Å². The summed E-state index contributed by atoms with van der Waals surface area (Å²) in [6.07, 6.45) is 1.06. The second-order valence-corrected chi connectivity index (χ2v) is 7.83. The lowest BCUT2D eigenvalue weighted by atomic mass is 10.2. The summed E-state index contributed by atoms with van der Waals surface area (Å²) in [7, 11) is -2.14. The zero-order valence-corrected chi connectivity index (χ0v) is 16.8. The lowest BCUT2D eigenvalue weighted by Crippen LogP contribution is -2.31. The smallest absolute Gasteiger partial charge is 0.290 e. The van der Waals surface area contributed by atoms with E-state index in [-0.39, 0.29) is 11.6 Å².